The van der Waals surface area contributed by atoms with Crippen LogP contribution in [0, 0.1) is 0 Å². The Balaban J connectivity index is 2.10. The molecule has 0 aliphatic heterocycles. The quantitative estimate of drug-likeness (QED) is 0.502. The first-order valence-corrected chi connectivity index (χ1v) is 9.61. The summed E-state index contributed by atoms with van der Waals surface area (Å²) >= 11 is 0. The highest BCUT2D eigenvalue weighted by Crippen LogP contribution is 2.22. The topological polar surface area (TPSA) is 120 Å². The number of hydrogen-bond acceptors (Lipinski definition) is 7. The van der Waals surface area contributed by atoms with Crippen LogP contribution in [-0.2, 0) is 14.8 Å². The average molecular weight is 408 g/mol. The number of esters is 1. The molecule has 9 nitrogen and oxygen atoms in total. The van der Waals surface area contributed by atoms with Gasteiger partial charge in [-0.3, -0.25) is 10.2 Å². The molecule has 2 aromatic carbocycles. The highest BCUT2D eigenvalue weighted by atomic mass is 32.2. The molecule has 1 amide bonds. The smallest absolute Gasteiger partial charge is 0.338 e. The average Bonchev–Trinajstić information content (AvgIpc) is 2.71. The van der Waals surface area contributed by atoms with Crippen molar-refractivity contribution in [2.24, 2.45) is 0 Å². The molecule has 0 bridgehead atoms. The van der Waals surface area contributed by atoms with Gasteiger partial charge in [0.25, 0.3) is 15.9 Å². The predicted octanol–water partition coefficient (Wildman–Crippen LogP) is 1.50. The molecule has 0 fully saturated rings. The highest BCUT2D eigenvalue weighted by molar-refractivity contribution is 7.89. The van der Waals surface area contributed by atoms with Crippen molar-refractivity contribution in [3.8, 4) is 11.5 Å². The summed E-state index contributed by atoms with van der Waals surface area (Å²) in [5.41, 5.74) is 2.47. The van der Waals surface area contributed by atoms with Gasteiger partial charge in [-0.1, -0.05) is 0 Å². The number of carbonyl (C=O) groups is 2. The molecule has 2 aromatic rings. The fourth-order valence-corrected chi connectivity index (χ4v) is 3.01. The van der Waals surface area contributed by atoms with Crippen molar-refractivity contribution >= 4 is 21.9 Å². The molecule has 10 heteroatoms. The van der Waals surface area contributed by atoms with E-state index in [1.165, 1.54) is 50.6 Å². The van der Waals surface area contributed by atoms with Gasteiger partial charge in [-0.2, -0.15) is 0 Å². The van der Waals surface area contributed by atoms with Crippen molar-refractivity contribution in [1.29, 1.82) is 0 Å². The maximum absolute atomic E-state index is 12.3. The molecule has 0 aliphatic rings. The second-order valence-corrected chi connectivity index (χ2v) is 7.09. The van der Waals surface area contributed by atoms with Crippen LogP contribution < -0.4 is 19.7 Å². The van der Waals surface area contributed by atoms with E-state index in [2.05, 4.69) is 5.43 Å². The number of hydrogen-bond donors (Lipinski definition) is 2. The molecular weight excluding hydrogens is 388 g/mol. The largest absolute Gasteiger partial charge is 0.497 e. The summed E-state index contributed by atoms with van der Waals surface area (Å²) in [6.45, 7) is 1.88. The Morgan fingerprint density at radius 3 is 2.00 bits per heavy atom. The van der Waals surface area contributed by atoms with Crippen molar-refractivity contribution in [1.82, 2.24) is 10.3 Å². The number of hydrazine groups is 1. The van der Waals surface area contributed by atoms with Crippen molar-refractivity contribution < 1.29 is 32.2 Å². The number of methoxy groups -OCH3 is 2. The molecule has 0 aromatic heterocycles. The minimum Gasteiger partial charge on any atom is -0.497 e. The maximum Gasteiger partial charge on any atom is 0.338 e. The van der Waals surface area contributed by atoms with E-state index in [0.717, 1.165) is 0 Å². The van der Waals surface area contributed by atoms with Gasteiger partial charge in [0.2, 0.25) is 0 Å². The third-order valence-corrected chi connectivity index (χ3v) is 4.85. The van der Waals surface area contributed by atoms with Crippen molar-refractivity contribution in [2.45, 2.75) is 11.8 Å². The highest BCUT2D eigenvalue weighted by Gasteiger charge is 2.17. The van der Waals surface area contributed by atoms with E-state index < -0.39 is 21.9 Å². The second-order valence-electron chi connectivity index (χ2n) is 5.41. The Hall–Kier alpha value is -3.11. The van der Waals surface area contributed by atoms with Gasteiger partial charge in [-0.15, -0.1) is 4.83 Å². The van der Waals surface area contributed by atoms with Crippen LogP contribution in [0.2, 0.25) is 0 Å². The predicted molar refractivity (Wildman–Crippen MR) is 99.7 cm³/mol. The lowest BCUT2D eigenvalue weighted by Crippen LogP contribution is -2.41. The molecule has 2 N–H and O–H groups in total. The third kappa shape index (κ3) is 5.21. The molecule has 0 spiro atoms. The summed E-state index contributed by atoms with van der Waals surface area (Å²) in [6.07, 6.45) is 0. The fourth-order valence-electron chi connectivity index (χ4n) is 2.17. The minimum atomic E-state index is -4.05. The summed E-state index contributed by atoms with van der Waals surface area (Å²) < 4.78 is 39.6. The fraction of sp³-hybridized carbons (Fsp3) is 0.222. The van der Waals surface area contributed by atoms with E-state index in [4.69, 9.17) is 14.2 Å². The number of ether oxygens (including phenoxy) is 3. The number of sulfonamides is 1. The van der Waals surface area contributed by atoms with E-state index >= 15 is 0 Å². The van der Waals surface area contributed by atoms with Gasteiger partial charge in [-0.05, 0) is 43.3 Å². The molecule has 150 valence electrons. The number of carbonyl (C=O) groups excluding carboxylic acids is 2. The maximum atomic E-state index is 12.3. The lowest BCUT2D eigenvalue weighted by atomic mass is 10.2. The molecule has 0 unspecified atom stereocenters. The Bertz CT molecular complexity index is 934. The number of nitrogens with one attached hydrogen (secondary N) is 2. The van der Waals surface area contributed by atoms with Crippen LogP contribution in [0.3, 0.4) is 0 Å². The molecule has 0 radical (unpaired) electrons. The van der Waals surface area contributed by atoms with Gasteiger partial charge in [0.1, 0.15) is 11.5 Å². The minimum absolute atomic E-state index is 0.135. The molecule has 2 rings (SSSR count). The zero-order chi connectivity index (χ0) is 20.7. The molecular formula is C18H20N2O7S. The number of rotatable bonds is 8. The number of amides is 1. The van der Waals surface area contributed by atoms with Crippen molar-refractivity contribution in [2.75, 3.05) is 20.8 Å². The lowest BCUT2D eigenvalue weighted by molar-refractivity contribution is 0.0526. The second kappa shape index (κ2) is 9.20. The van der Waals surface area contributed by atoms with Crippen LogP contribution in [0.4, 0.5) is 0 Å². The van der Waals surface area contributed by atoms with Gasteiger partial charge in [-0.25, -0.2) is 13.2 Å². The van der Waals surface area contributed by atoms with E-state index in [1.54, 1.807) is 13.0 Å². The standard InChI is InChI=1S/C18H20N2O7S/c1-4-27-18(22)12-5-7-16(8-6-12)28(23,24)20-19-17(21)13-9-14(25-2)11-15(10-13)26-3/h5-11,20H,4H2,1-3H3,(H,19,21). The van der Waals surface area contributed by atoms with E-state index in [9.17, 15) is 18.0 Å². The summed E-state index contributed by atoms with van der Waals surface area (Å²) in [6, 6.07) is 9.54. The van der Waals surface area contributed by atoms with Crippen LogP contribution >= 0.6 is 0 Å². The molecule has 0 heterocycles. The Morgan fingerprint density at radius 1 is 0.929 bits per heavy atom. The normalized spacial score (nSPS) is 10.8. The van der Waals surface area contributed by atoms with Gasteiger partial charge in [0.15, 0.2) is 0 Å². The van der Waals surface area contributed by atoms with Crippen LogP contribution in [0.15, 0.2) is 47.4 Å². The SMILES string of the molecule is CCOC(=O)c1ccc(S(=O)(=O)NNC(=O)c2cc(OC)cc(OC)c2)cc1. The summed E-state index contributed by atoms with van der Waals surface area (Å²) in [7, 11) is -1.19. The summed E-state index contributed by atoms with van der Waals surface area (Å²) in [4.78, 5) is 25.7. The zero-order valence-electron chi connectivity index (χ0n) is 15.5. The first-order chi connectivity index (χ1) is 13.3. The molecule has 28 heavy (non-hydrogen) atoms. The molecule has 0 atom stereocenters. The van der Waals surface area contributed by atoms with E-state index in [0.29, 0.717) is 11.5 Å². The van der Waals surface area contributed by atoms with Crippen LogP contribution in [0.1, 0.15) is 27.6 Å². The van der Waals surface area contributed by atoms with Crippen molar-refractivity contribution in [3.05, 3.63) is 53.6 Å². The Kier molecular flexibility index (Phi) is 6.96. The number of benzene rings is 2. The van der Waals surface area contributed by atoms with Crippen LogP contribution in [0.5, 0.6) is 11.5 Å². The molecule has 0 aliphatic carbocycles. The van der Waals surface area contributed by atoms with Crippen molar-refractivity contribution in [3.63, 3.8) is 0 Å². The zero-order valence-corrected chi connectivity index (χ0v) is 16.3. The third-order valence-electron chi connectivity index (χ3n) is 3.59. The Morgan fingerprint density at radius 2 is 1.50 bits per heavy atom. The first-order valence-electron chi connectivity index (χ1n) is 8.13. The van der Waals surface area contributed by atoms with E-state index in [1.807, 2.05) is 4.83 Å². The van der Waals surface area contributed by atoms with Crippen LogP contribution in [-0.4, -0.2) is 41.1 Å². The van der Waals surface area contributed by atoms with Gasteiger partial charge >= 0.3 is 5.97 Å². The molecule has 0 saturated heterocycles. The van der Waals surface area contributed by atoms with Gasteiger partial charge < -0.3 is 14.2 Å². The Labute approximate surface area is 162 Å². The summed E-state index contributed by atoms with van der Waals surface area (Å²) in [5, 5.41) is 0. The monoisotopic (exact) mass is 408 g/mol. The summed E-state index contributed by atoms with van der Waals surface area (Å²) in [5.74, 6) is -0.507. The van der Waals surface area contributed by atoms with Gasteiger partial charge in [0, 0.05) is 11.6 Å². The van der Waals surface area contributed by atoms with E-state index in [-0.39, 0.29) is 22.6 Å². The lowest BCUT2D eigenvalue weighted by Gasteiger charge is -2.11. The van der Waals surface area contributed by atoms with Gasteiger partial charge in [0.05, 0.1) is 31.3 Å². The first kappa shape index (κ1) is 21.2. The van der Waals surface area contributed by atoms with Crippen LogP contribution in [0.25, 0.3) is 0 Å². The molecule has 0 saturated carbocycles.